The van der Waals surface area contributed by atoms with E-state index in [0.717, 1.165) is 23.2 Å². The molecule has 0 unspecified atom stereocenters. The predicted molar refractivity (Wildman–Crippen MR) is 86.7 cm³/mol. The molecule has 0 saturated heterocycles. The van der Waals surface area contributed by atoms with E-state index in [9.17, 15) is 14.4 Å². The number of nitrogens with zero attached hydrogens (tertiary/aromatic N) is 4. The maximum absolute atomic E-state index is 12.0. The lowest BCUT2D eigenvalue weighted by Gasteiger charge is -2.09. The number of nitrogens with one attached hydrogen (secondary N) is 1. The lowest BCUT2D eigenvalue weighted by Crippen LogP contribution is -2.36. The van der Waals surface area contributed by atoms with E-state index in [0.29, 0.717) is 18.2 Å². The Balaban J connectivity index is 1.52. The van der Waals surface area contributed by atoms with Gasteiger partial charge in [-0.25, -0.2) is 9.67 Å². The van der Waals surface area contributed by atoms with E-state index in [4.69, 9.17) is 0 Å². The summed E-state index contributed by atoms with van der Waals surface area (Å²) in [6, 6.07) is 4.54. The van der Waals surface area contributed by atoms with Gasteiger partial charge in [0.2, 0.25) is 5.91 Å². The second kappa shape index (κ2) is 6.77. The molecule has 126 valence electrons. The number of hydrogen-bond donors (Lipinski definition) is 1. The molecule has 1 fully saturated rings. The number of aromatic nitrogens is 4. The minimum absolute atomic E-state index is 0.113. The molecule has 1 amide bonds. The molecule has 0 bridgehead atoms. The summed E-state index contributed by atoms with van der Waals surface area (Å²) >= 11 is 0. The fourth-order valence-corrected chi connectivity index (χ4v) is 2.38. The van der Waals surface area contributed by atoms with Gasteiger partial charge in [0, 0.05) is 31.1 Å². The Labute approximate surface area is 138 Å². The first-order valence-electron chi connectivity index (χ1n) is 7.91. The van der Waals surface area contributed by atoms with E-state index in [1.807, 2.05) is 0 Å². The average molecular weight is 329 g/mol. The smallest absolute Gasteiger partial charge is 0.267 e. The van der Waals surface area contributed by atoms with Crippen LogP contribution in [0.1, 0.15) is 30.1 Å². The van der Waals surface area contributed by atoms with Crippen LogP contribution < -0.4 is 16.4 Å². The average Bonchev–Trinajstić information content (AvgIpc) is 3.37. The molecule has 24 heavy (non-hydrogen) atoms. The highest BCUT2D eigenvalue weighted by molar-refractivity contribution is 5.75. The van der Waals surface area contributed by atoms with Crippen LogP contribution in [-0.4, -0.2) is 31.8 Å². The highest BCUT2D eigenvalue weighted by Crippen LogP contribution is 2.38. The molecule has 2 aromatic heterocycles. The van der Waals surface area contributed by atoms with Crippen molar-refractivity contribution in [1.82, 2.24) is 24.6 Å². The number of aryl methyl sites for hydroxylation is 1. The molecule has 0 spiro atoms. The maximum Gasteiger partial charge on any atom is 0.267 e. The van der Waals surface area contributed by atoms with E-state index in [-0.39, 0.29) is 30.1 Å². The molecule has 0 aromatic carbocycles. The summed E-state index contributed by atoms with van der Waals surface area (Å²) in [5.74, 6) is 0.109. The molecule has 8 heteroatoms. The zero-order chi connectivity index (χ0) is 17.1. The normalized spacial score (nSPS) is 13.7. The molecular weight excluding hydrogens is 310 g/mol. The Hall–Kier alpha value is -2.77. The Morgan fingerprint density at radius 1 is 1.29 bits per heavy atom. The molecule has 1 aliphatic carbocycles. The van der Waals surface area contributed by atoms with Crippen LogP contribution in [-0.2, 0) is 17.9 Å². The van der Waals surface area contributed by atoms with Crippen LogP contribution in [0.25, 0.3) is 0 Å². The van der Waals surface area contributed by atoms with Gasteiger partial charge in [-0.15, -0.1) is 0 Å². The van der Waals surface area contributed by atoms with Crippen LogP contribution in [0.4, 0.5) is 0 Å². The fourth-order valence-electron chi connectivity index (χ4n) is 2.38. The lowest BCUT2D eigenvalue weighted by molar-refractivity contribution is -0.121. The van der Waals surface area contributed by atoms with Crippen molar-refractivity contribution >= 4 is 5.91 Å². The van der Waals surface area contributed by atoms with Crippen molar-refractivity contribution in [2.24, 2.45) is 0 Å². The van der Waals surface area contributed by atoms with Crippen LogP contribution in [0.5, 0.6) is 0 Å². The van der Waals surface area contributed by atoms with E-state index >= 15 is 0 Å². The standard InChI is InChI=1S/C16H19N5O3/c1-11-2-5-15(23)21(19-11)9-14(22)17-6-7-20-10-18-13(8-16(20)24)12-3-4-12/h2,5,8,10,12H,3-4,6-7,9H2,1H3,(H,17,22). The second-order valence-corrected chi connectivity index (χ2v) is 5.94. The van der Waals surface area contributed by atoms with Crippen molar-refractivity contribution < 1.29 is 4.79 Å². The van der Waals surface area contributed by atoms with Crippen molar-refractivity contribution in [1.29, 1.82) is 0 Å². The molecule has 2 aromatic rings. The first-order chi connectivity index (χ1) is 11.5. The van der Waals surface area contributed by atoms with Crippen LogP contribution in [0.15, 0.2) is 34.1 Å². The molecule has 1 saturated carbocycles. The quantitative estimate of drug-likeness (QED) is 0.791. The predicted octanol–water partition coefficient (Wildman–Crippen LogP) is -0.198. The molecule has 1 aliphatic rings. The van der Waals surface area contributed by atoms with E-state index in [1.54, 1.807) is 19.1 Å². The van der Waals surface area contributed by atoms with Gasteiger partial charge in [0.1, 0.15) is 6.54 Å². The third-order valence-corrected chi connectivity index (χ3v) is 3.86. The first-order valence-corrected chi connectivity index (χ1v) is 7.91. The van der Waals surface area contributed by atoms with E-state index < -0.39 is 0 Å². The molecule has 0 aliphatic heterocycles. The monoisotopic (exact) mass is 329 g/mol. The second-order valence-electron chi connectivity index (χ2n) is 5.94. The summed E-state index contributed by atoms with van der Waals surface area (Å²) in [6.45, 7) is 2.22. The highest BCUT2D eigenvalue weighted by atomic mass is 16.2. The van der Waals surface area contributed by atoms with Gasteiger partial charge in [0.15, 0.2) is 0 Å². The molecule has 2 heterocycles. The number of hydrogen-bond acceptors (Lipinski definition) is 5. The summed E-state index contributed by atoms with van der Waals surface area (Å²) in [5.41, 5.74) is 1.07. The SMILES string of the molecule is Cc1ccc(=O)n(CC(=O)NCCn2cnc(C3CC3)cc2=O)n1. The molecule has 0 atom stereocenters. The third kappa shape index (κ3) is 3.95. The van der Waals surface area contributed by atoms with Gasteiger partial charge in [0.05, 0.1) is 17.7 Å². The van der Waals surface area contributed by atoms with Gasteiger partial charge in [0.25, 0.3) is 11.1 Å². The maximum atomic E-state index is 12.0. The van der Waals surface area contributed by atoms with Gasteiger partial charge in [-0.1, -0.05) is 0 Å². The van der Waals surface area contributed by atoms with E-state index in [2.05, 4.69) is 15.4 Å². The summed E-state index contributed by atoms with van der Waals surface area (Å²) in [6.07, 6.45) is 3.71. The van der Waals surface area contributed by atoms with Gasteiger partial charge in [-0.3, -0.25) is 19.0 Å². The van der Waals surface area contributed by atoms with Crippen molar-refractivity contribution in [3.05, 3.63) is 56.6 Å². The topological polar surface area (TPSA) is 98.9 Å². The van der Waals surface area contributed by atoms with Gasteiger partial charge in [-0.2, -0.15) is 5.10 Å². The van der Waals surface area contributed by atoms with E-state index in [1.165, 1.54) is 17.0 Å². The summed E-state index contributed by atoms with van der Waals surface area (Å²) in [4.78, 5) is 39.8. The van der Waals surface area contributed by atoms with Crippen LogP contribution in [0.2, 0.25) is 0 Å². The first kappa shape index (κ1) is 16.1. The fraction of sp³-hybridized carbons (Fsp3) is 0.438. The zero-order valence-electron chi connectivity index (χ0n) is 13.4. The molecule has 0 radical (unpaired) electrons. The Morgan fingerprint density at radius 2 is 2.08 bits per heavy atom. The molecule has 8 nitrogen and oxygen atoms in total. The van der Waals surface area contributed by atoms with Crippen molar-refractivity contribution in [2.45, 2.75) is 38.8 Å². The number of rotatable bonds is 6. The highest BCUT2D eigenvalue weighted by Gasteiger charge is 2.25. The van der Waals surface area contributed by atoms with Crippen molar-refractivity contribution in [3.8, 4) is 0 Å². The van der Waals surface area contributed by atoms with Crippen molar-refractivity contribution in [3.63, 3.8) is 0 Å². The van der Waals surface area contributed by atoms with Gasteiger partial charge >= 0.3 is 0 Å². The minimum Gasteiger partial charge on any atom is -0.353 e. The van der Waals surface area contributed by atoms with Gasteiger partial charge < -0.3 is 5.32 Å². The van der Waals surface area contributed by atoms with Crippen LogP contribution in [0.3, 0.4) is 0 Å². The Bertz CT molecular complexity index is 867. The number of carbonyl (C=O) groups is 1. The van der Waals surface area contributed by atoms with Crippen LogP contribution >= 0.6 is 0 Å². The Kier molecular flexibility index (Phi) is 4.54. The Morgan fingerprint density at radius 3 is 2.79 bits per heavy atom. The number of amides is 1. The minimum atomic E-state index is -0.328. The molecule has 1 N–H and O–H groups in total. The zero-order valence-corrected chi connectivity index (χ0v) is 13.4. The van der Waals surface area contributed by atoms with Crippen LogP contribution in [0, 0.1) is 6.92 Å². The van der Waals surface area contributed by atoms with Crippen molar-refractivity contribution in [2.75, 3.05) is 6.54 Å². The van der Waals surface area contributed by atoms with Gasteiger partial charge in [-0.05, 0) is 25.8 Å². The molecule has 3 rings (SSSR count). The molecular formula is C16H19N5O3. The third-order valence-electron chi connectivity index (χ3n) is 3.86. The summed E-state index contributed by atoms with van der Waals surface area (Å²) in [5, 5.41) is 6.68. The summed E-state index contributed by atoms with van der Waals surface area (Å²) in [7, 11) is 0. The summed E-state index contributed by atoms with van der Waals surface area (Å²) < 4.78 is 2.58. The lowest BCUT2D eigenvalue weighted by atomic mass is 10.3. The number of carbonyl (C=O) groups excluding carboxylic acids is 1. The largest absolute Gasteiger partial charge is 0.353 e.